The molecule has 3 aliphatic heterocycles. The minimum Gasteiger partial charge on any atom is -0.465 e. The van der Waals surface area contributed by atoms with Crippen molar-refractivity contribution in [1.82, 2.24) is 9.80 Å². The first-order valence-corrected chi connectivity index (χ1v) is 12.8. The van der Waals surface area contributed by atoms with Crippen LogP contribution in [-0.4, -0.2) is 81.8 Å². The molecule has 8 nitrogen and oxygen atoms in total. The monoisotopic (exact) mass is 490 g/mol. The minimum absolute atomic E-state index is 0.0986. The zero-order valence-electron chi connectivity index (χ0n) is 21.9. The number of hydrogen-bond donors (Lipinski definition) is 1. The quantitative estimate of drug-likeness (QED) is 0.272. The van der Waals surface area contributed by atoms with E-state index >= 15 is 0 Å². The molecule has 0 saturated carbocycles. The van der Waals surface area contributed by atoms with Crippen molar-refractivity contribution in [3.63, 3.8) is 0 Å². The highest BCUT2D eigenvalue weighted by atomic mass is 16.6. The molecule has 0 aliphatic carbocycles. The van der Waals surface area contributed by atoms with Gasteiger partial charge in [-0.25, -0.2) is 0 Å². The lowest BCUT2D eigenvalue weighted by Gasteiger charge is -2.44. The summed E-state index contributed by atoms with van der Waals surface area (Å²) >= 11 is 0. The second-order valence-electron chi connectivity index (χ2n) is 11.3. The van der Waals surface area contributed by atoms with Gasteiger partial charge in [-0.2, -0.15) is 0 Å². The fraction of sp³-hybridized carbons (Fsp3) is 0.741. The Morgan fingerprint density at radius 3 is 2.54 bits per heavy atom. The number of aliphatic hydroxyl groups is 1. The van der Waals surface area contributed by atoms with Gasteiger partial charge in [0.15, 0.2) is 0 Å². The van der Waals surface area contributed by atoms with Crippen LogP contribution >= 0.6 is 0 Å². The first-order valence-electron chi connectivity index (χ1n) is 12.8. The maximum atomic E-state index is 14.2. The van der Waals surface area contributed by atoms with E-state index in [0.29, 0.717) is 25.8 Å². The topological polar surface area (TPSA) is 96.4 Å². The largest absolute Gasteiger partial charge is 0.465 e. The standard InChI is InChI=1S/C27H42N2O6/c1-8-10-11-15-34-25(33)20-19-12-13-27(35-19)21(20)23(31)29(18(16-30)17(3)4)22(27)24(32)28(14-9-2)26(5,6)7/h8-9,17-22,30H,1-2,10-16H2,3-7H3/t18-,19+,20-,21-,22?,27?/m0/s1. The molecule has 0 aromatic heterocycles. The number of hydrogen-bond acceptors (Lipinski definition) is 6. The molecular weight excluding hydrogens is 448 g/mol. The number of likely N-dealkylation sites (tertiary alicyclic amines) is 1. The van der Waals surface area contributed by atoms with Crippen molar-refractivity contribution < 1.29 is 29.0 Å². The second-order valence-corrected chi connectivity index (χ2v) is 11.3. The molecule has 2 unspecified atom stereocenters. The maximum Gasteiger partial charge on any atom is 0.312 e. The zero-order chi connectivity index (χ0) is 26.1. The van der Waals surface area contributed by atoms with Gasteiger partial charge in [0.25, 0.3) is 0 Å². The van der Waals surface area contributed by atoms with Gasteiger partial charge in [-0.05, 0) is 52.4 Å². The van der Waals surface area contributed by atoms with Crippen molar-refractivity contribution in [2.45, 2.75) is 89.6 Å². The molecule has 0 radical (unpaired) electrons. The molecule has 3 rings (SSSR count). The van der Waals surface area contributed by atoms with Crippen molar-refractivity contribution in [2.75, 3.05) is 19.8 Å². The number of allylic oxidation sites excluding steroid dienone is 1. The van der Waals surface area contributed by atoms with Gasteiger partial charge in [0.1, 0.15) is 11.6 Å². The van der Waals surface area contributed by atoms with Crippen molar-refractivity contribution >= 4 is 17.8 Å². The number of amides is 2. The van der Waals surface area contributed by atoms with Crippen LogP contribution in [0, 0.1) is 17.8 Å². The van der Waals surface area contributed by atoms with Crippen LogP contribution in [0.3, 0.4) is 0 Å². The maximum absolute atomic E-state index is 14.2. The Bertz CT molecular complexity index is 849. The summed E-state index contributed by atoms with van der Waals surface area (Å²) in [6.07, 6.45) is 5.45. The summed E-state index contributed by atoms with van der Waals surface area (Å²) in [5.41, 5.74) is -1.64. The third kappa shape index (κ3) is 4.67. The second kappa shape index (κ2) is 10.4. The van der Waals surface area contributed by atoms with Crippen LogP contribution in [0.25, 0.3) is 0 Å². The summed E-state index contributed by atoms with van der Waals surface area (Å²) in [5, 5.41) is 10.3. The van der Waals surface area contributed by atoms with Crippen molar-refractivity contribution in [3.05, 3.63) is 25.3 Å². The van der Waals surface area contributed by atoms with E-state index in [-0.39, 0.29) is 30.9 Å². The number of carbonyl (C=O) groups is 3. The molecule has 3 heterocycles. The lowest BCUT2D eigenvalue weighted by atomic mass is 9.70. The zero-order valence-corrected chi connectivity index (χ0v) is 21.9. The molecule has 35 heavy (non-hydrogen) atoms. The molecule has 2 amide bonds. The Kier molecular flexibility index (Phi) is 8.16. The summed E-state index contributed by atoms with van der Waals surface area (Å²) in [7, 11) is 0. The van der Waals surface area contributed by atoms with Gasteiger partial charge in [0, 0.05) is 12.1 Å². The molecule has 8 heteroatoms. The average Bonchev–Trinajstić information content (AvgIpc) is 3.42. The number of rotatable bonds is 11. The fourth-order valence-electron chi connectivity index (χ4n) is 6.08. The van der Waals surface area contributed by atoms with Crippen LogP contribution in [0.2, 0.25) is 0 Å². The lowest BCUT2D eigenvalue weighted by molar-refractivity contribution is -0.158. The van der Waals surface area contributed by atoms with Gasteiger partial charge >= 0.3 is 5.97 Å². The molecule has 1 spiro atoms. The van der Waals surface area contributed by atoms with Gasteiger partial charge in [0.05, 0.1) is 37.2 Å². The van der Waals surface area contributed by atoms with Gasteiger partial charge in [0.2, 0.25) is 11.8 Å². The number of fused-ring (bicyclic) bond motifs is 1. The normalized spacial score (nSPS) is 30.4. The number of nitrogens with zero attached hydrogens (tertiary/aromatic N) is 2. The van der Waals surface area contributed by atoms with Crippen LogP contribution in [0.5, 0.6) is 0 Å². The van der Waals surface area contributed by atoms with Crippen LogP contribution in [0.4, 0.5) is 0 Å². The fourth-order valence-corrected chi connectivity index (χ4v) is 6.08. The van der Waals surface area contributed by atoms with Crippen LogP contribution in [0.15, 0.2) is 25.3 Å². The first-order chi connectivity index (χ1) is 16.5. The summed E-state index contributed by atoms with van der Waals surface area (Å²) in [6.45, 7) is 17.4. The van der Waals surface area contributed by atoms with E-state index in [0.717, 1.165) is 6.42 Å². The molecule has 196 valence electrons. The number of aliphatic hydroxyl groups excluding tert-OH is 1. The van der Waals surface area contributed by atoms with Crippen molar-refractivity contribution in [1.29, 1.82) is 0 Å². The van der Waals surface area contributed by atoms with Crippen LogP contribution < -0.4 is 0 Å². The van der Waals surface area contributed by atoms with Gasteiger partial charge in [-0.1, -0.05) is 26.0 Å². The van der Waals surface area contributed by atoms with Gasteiger partial charge in [-0.15, -0.1) is 13.2 Å². The highest BCUT2D eigenvalue weighted by Crippen LogP contribution is 2.59. The van der Waals surface area contributed by atoms with E-state index in [1.54, 1.807) is 17.1 Å². The molecule has 3 fully saturated rings. The summed E-state index contributed by atoms with van der Waals surface area (Å²) in [6, 6.07) is -1.50. The molecule has 3 aliphatic rings. The highest BCUT2D eigenvalue weighted by molar-refractivity contribution is 5.98. The van der Waals surface area contributed by atoms with E-state index in [2.05, 4.69) is 13.2 Å². The van der Waals surface area contributed by atoms with Crippen LogP contribution in [-0.2, 0) is 23.9 Å². The summed E-state index contributed by atoms with van der Waals surface area (Å²) in [4.78, 5) is 44.7. The number of ether oxygens (including phenoxy) is 2. The Labute approximate surface area is 209 Å². The number of carbonyl (C=O) groups excluding carboxylic acids is 3. The average molecular weight is 491 g/mol. The smallest absolute Gasteiger partial charge is 0.312 e. The van der Waals surface area contributed by atoms with E-state index in [1.165, 1.54) is 4.90 Å². The van der Waals surface area contributed by atoms with E-state index < -0.39 is 47.1 Å². The molecule has 1 N–H and O–H groups in total. The van der Waals surface area contributed by atoms with Crippen molar-refractivity contribution in [3.8, 4) is 0 Å². The predicted octanol–water partition coefficient (Wildman–Crippen LogP) is 2.70. The van der Waals surface area contributed by atoms with Crippen molar-refractivity contribution in [2.24, 2.45) is 17.8 Å². The SMILES string of the molecule is C=CCCCOC(=O)[C@@H]1[C@H]2C(=O)N([C@@H](CO)C(C)C)C(C(=O)N(CC=C)C(C)(C)C)C23CC[C@H]1O3. The number of esters is 1. The van der Waals surface area contributed by atoms with E-state index in [9.17, 15) is 19.5 Å². The molecule has 6 atom stereocenters. The summed E-state index contributed by atoms with van der Waals surface area (Å²) < 4.78 is 12.0. The molecule has 3 saturated heterocycles. The third-order valence-electron chi connectivity index (χ3n) is 7.74. The van der Waals surface area contributed by atoms with E-state index in [1.807, 2.05) is 34.6 Å². The van der Waals surface area contributed by atoms with E-state index in [4.69, 9.17) is 9.47 Å². The summed E-state index contributed by atoms with van der Waals surface area (Å²) in [5.74, 6) is -2.66. The van der Waals surface area contributed by atoms with Crippen LogP contribution in [0.1, 0.15) is 60.3 Å². The Balaban J connectivity index is 2.04. The molecule has 0 aromatic rings. The Morgan fingerprint density at radius 2 is 2.00 bits per heavy atom. The Morgan fingerprint density at radius 1 is 1.31 bits per heavy atom. The molecule has 0 aromatic carbocycles. The predicted molar refractivity (Wildman–Crippen MR) is 132 cm³/mol. The molecular formula is C27H42N2O6. The Hall–Kier alpha value is -2.19. The first kappa shape index (κ1) is 27.4. The lowest BCUT2D eigenvalue weighted by Crippen LogP contribution is -2.62. The van der Waals surface area contributed by atoms with Gasteiger partial charge in [-0.3, -0.25) is 14.4 Å². The molecule has 2 bridgehead atoms. The third-order valence-corrected chi connectivity index (χ3v) is 7.74. The van der Waals surface area contributed by atoms with Gasteiger partial charge < -0.3 is 24.4 Å². The minimum atomic E-state index is -1.11. The number of unbranched alkanes of at least 4 members (excludes halogenated alkanes) is 1. The highest BCUT2D eigenvalue weighted by Gasteiger charge is 2.76.